The Morgan fingerprint density at radius 1 is 1.25 bits per heavy atom. The van der Waals surface area contributed by atoms with Gasteiger partial charge in [0.2, 0.25) is 5.82 Å². The summed E-state index contributed by atoms with van der Waals surface area (Å²) in [6.45, 7) is 1.89. The molecule has 2 N–H and O–H groups in total. The first kappa shape index (κ1) is 12.3. The molecule has 0 unspecified atom stereocenters. The first-order valence-electron chi connectivity index (χ1n) is 5.96. The van der Waals surface area contributed by atoms with Crippen LogP contribution in [0.2, 0.25) is 0 Å². The second-order valence-corrected chi connectivity index (χ2v) is 4.33. The summed E-state index contributed by atoms with van der Waals surface area (Å²) in [6, 6.07) is 7.90. The molecule has 0 aliphatic rings. The lowest BCUT2D eigenvalue weighted by Gasteiger charge is -1.99. The molecule has 2 heterocycles. The van der Waals surface area contributed by atoms with Gasteiger partial charge in [-0.2, -0.15) is 4.98 Å². The Morgan fingerprint density at radius 2 is 2.10 bits per heavy atom. The normalized spacial score (nSPS) is 10.7. The standard InChI is InChI=1S/C14H11FN4O/c1-8-3-2-6-17-12(8)13-18-14(20-19-13)10-7-9(16)4-5-11(10)15/h2-7H,16H2,1H3. The molecule has 0 spiro atoms. The van der Waals surface area contributed by atoms with Crippen molar-refractivity contribution < 1.29 is 8.91 Å². The van der Waals surface area contributed by atoms with E-state index in [2.05, 4.69) is 15.1 Å². The minimum absolute atomic E-state index is 0.0786. The van der Waals surface area contributed by atoms with Gasteiger partial charge in [-0.15, -0.1) is 0 Å². The Balaban J connectivity index is 2.07. The van der Waals surface area contributed by atoms with Crippen molar-refractivity contribution in [2.45, 2.75) is 6.92 Å². The monoisotopic (exact) mass is 270 g/mol. The highest BCUT2D eigenvalue weighted by atomic mass is 19.1. The highest BCUT2D eigenvalue weighted by Crippen LogP contribution is 2.26. The van der Waals surface area contributed by atoms with E-state index >= 15 is 0 Å². The minimum atomic E-state index is -0.466. The molecular formula is C14H11FN4O. The highest BCUT2D eigenvalue weighted by Gasteiger charge is 2.16. The molecule has 3 rings (SSSR count). The number of nitrogens with two attached hydrogens (primary N) is 1. The van der Waals surface area contributed by atoms with Crippen molar-refractivity contribution in [3.8, 4) is 23.0 Å². The summed E-state index contributed by atoms with van der Waals surface area (Å²) in [4.78, 5) is 8.37. The minimum Gasteiger partial charge on any atom is -0.399 e. The Hall–Kier alpha value is -2.76. The third-order valence-corrected chi connectivity index (χ3v) is 2.87. The van der Waals surface area contributed by atoms with Gasteiger partial charge in [0.05, 0.1) is 5.56 Å². The van der Waals surface area contributed by atoms with Crippen molar-refractivity contribution >= 4 is 5.69 Å². The first-order chi connectivity index (χ1) is 9.65. The van der Waals surface area contributed by atoms with Crippen LogP contribution in [0, 0.1) is 12.7 Å². The number of hydrogen-bond donors (Lipinski definition) is 1. The molecule has 0 bridgehead atoms. The maximum absolute atomic E-state index is 13.7. The van der Waals surface area contributed by atoms with E-state index in [0.717, 1.165) is 5.56 Å². The van der Waals surface area contributed by atoms with E-state index in [-0.39, 0.29) is 11.5 Å². The fourth-order valence-corrected chi connectivity index (χ4v) is 1.86. The van der Waals surface area contributed by atoms with Gasteiger partial charge in [0.1, 0.15) is 11.5 Å². The molecule has 0 saturated heterocycles. The van der Waals surface area contributed by atoms with Crippen molar-refractivity contribution in [2.24, 2.45) is 0 Å². The Bertz CT molecular complexity index is 769. The summed E-state index contributed by atoms with van der Waals surface area (Å²) in [6.07, 6.45) is 1.64. The smallest absolute Gasteiger partial charge is 0.261 e. The van der Waals surface area contributed by atoms with Crippen LogP contribution in [0.5, 0.6) is 0 Å². The highest BCUT2D eigenvalue weighted by molar-refractivity contribution is 5.63. The van der Waals surface area contributed by atoms with Crippen LogP contribution < -0.4 is 5.73 Å². The number of benzene rings is 1. The van der Waals surface area contributed by atoms with Crippen LogP contribution in [0.15, 0.2) is 41.1 Å². The van der Waals surface area contributed by atoms with Gasteiger partial charge in [0.15, 0.2) is 0 Å². The molecule has 3 aromatic rings. The van der Waals surface area contributed by atoms with Crippen molar-refractivity contribution in [3.05, 3.63) is 47.9 Å². The molecule has 20 heavy (non-hydrogen) atoms. The second-order valence-electron chi connectivity index (χ2n) is 4.33. The second kappa shape index (κ2) is 4.73. The molecule has 6 heteroatoms. The fraction of sp³-hybridized carbons (Fsp3) is 0.0714. The molecular weight excluding hydrogens is 259 g/mol. The van der Waals surface area contributed by atoms with E-state index in [1.54, 1.807) is 6.20 Å². The zero-order valence-corrected chi connectivity index (χ0v) is 10.7. The number of nitrogen functional groups attached to an aromatic ring is 1. The molecule has 0 atom stereocenters. The predicted octanol–water partition coefficient (Wildman–Crippen LogP) is 2.83. The number of aryl methyl sites for hydroxylation is 1. The van der Waals surface area contributed by atoms with Gasteiger partial charge in [-0.1, -0.05) is 11.2 Å². The number of nitrogens with zero attached hydrogens (tertiary/aromatic N) is 3. The average molecular weight is 270 g/mol. The zero-order valence-electron chi connectivity index (χ0n) is 10.7. The van der Waals surface area contributed by atoms with E-state index in [4.69, 9.17) is 10.3 Å². The third-order valence-electron chi connectivity index (χ3n) is 2.87. The maximum atomic E-state index is 13.7. The van der Waals surface area contributed by atoms with Crippen molar-refractivity contribution in [2.75, 3.05) is 5.73 Å². The number of halogens is 1. The molecule has 1 aromatic carbocycles. The van der Waals surface area contributed by atoms with Crippen LogP contribution in [0.1, 0.15) is 5.56 Å². The Labute approximate surface area is 114 Å². The number of anilines is 1. The van der Waals surface area contributed by atoms with Crippen molar-refractivity contribution in [1.82, 2.24) is 15.1 Å². The number of pyridine rings is 1. The lowest BCUT2D eigenvalue weighted by molar-refractivity contribution is 0.429. The lowest BCUT2D eigenvalue weighted by atomic mass is 10.2. The van der Waals surface area contributed by atoms with Gasteiger partial charge >= 0.3 is 0 Å². The summed E-state index contributed by atoms with van der Waals surface area (Å²) >= 11 is 0. The number of rotatable bonds is 2. The van der Waals surface area contributed by atoms with E-state index in [1.165, 1.54) is 18.2 Å². The summed E-state index contributed by atoms with van der Waals surface area (Å²) in [7, 11) is 0. The van der Waals surface area contributed by atoms with Gasteiger partial charge in [-0.05, 0) is 36.8 Å². The molecule has 0 fully saturated rings. The number of hydrogen-bond acceptors (Lipinski definition) is 5. The van der Waals surface area contributed by atoms with E-state index in [1.807, 2.05) is 19.1 Å². The molecule has 0 aliphatic carbocycles. The first-order valence-corrected chi connectivity index (χ1v) is 5.96. The molecule has 100 valence electrons. The van der Waals surface area contributed by atoms with Gasteiger partial charge in [-0.3, -0.25) is 4.98 Å². The zero-order chi connectivity index (χ0) is 14.1. The SMILES string of the molecule is Cc1cccnc1-c1noc(-c2cc(N)ccc2F)n1. The molecule has 0 radical (unpaired) electrons. The van der Waals surface area contributed by atoms with Gasteiger partial charge < -0.3 is 10.3 Å². The van der Waals surface area contributed by atoms with Gasteiger partial charge in [0.25, 0.3) is 5.89 Å². The third kappa shape index (κ3) is 2.11. The molecule has 0 aliphatic heterocycles. The van der Waals surface area contributed by atoms with Crippen LogP contribution in [-0.2, 0) is 0 Å². The van der Waals surface area contributed by atoms with Crippen LogP contribution in [0.4, 0.5) is 10.1 Å². The Kier molecular flexibility index (Phi) is 2.90. The summed E-state index contributed by atoms with van der Waals surface area (Å²) in [5, 5.41) is 3.84. The van der Waals surface area contributed by atoms with Crippen molar-refractivity contribution in [1.29, 1.82) is 0 Å². The van der Waals surface area contributed by atoms with E-state index in [0.29, 0.717) is 17.2 Å². The average Bonchev–Trinajstić information content (AvgIpc) is 2.91. The molecule has 0 saturated carbocycles. The predicted molar refractivity (Wildman–Crippen MR) is 72.1 cm³/mol. The van der Waals surface area contributed by atoms with E-state index in [9.17, 15) is 4.39 Å². The summed E-state index contributed by atoms with van der Waals surface area (Å²) in [5.74, 6) is -0.0677. The van der Waals surface area contributed by atoms with Crippen LogP contribution in [-0.4, -0.2) is 15.1 Å². The van der Waals surface area contributed by atoms with Crippen LogP contribution >= 0.6 is 0 Å². The number of aromatic nitrogens is 3. The van der Waals surface area contributed by atoms with Crippen molar-refractivity contribution in [3.63, 3.8) is 0 Å². The lowest BCUT2D eigenvalue weighted by Crippen LogP contribution is -1.91. The van der Waals surface area contributed by atoms with Crippen LogP contribution in [0.3, 0.4) is 0 Å². The topological polar surface area (TPSA) is 77.8 Å². The quantitative estimate of drug-likeness (QED) is 0.724. The largest absolute Gasteiger partial charge is 0.399 e. The maximum Gasteiger partial charge on any atom is 0.261 e. The fourth-order valence-electron chi connectivity index (χ4n) is 1.86. The van der Waals surface area contributed by atoms with Gasteiger partial charge in [-0.25, -0.2) is 4.39 Å². The summed E-state index contributed by atoms with van der Waals surface area (Å²) in [5.41, 5.74) is 7.76. The molecule has 2 aromatic heterocycles. The Morgan fingerprint density at radius 3 is 2.90 bits per heavy atom. The molecule has 5 nitrogen and oxygen atoms in total. The van der Waals surface area contributed by atoms with Gasteiger partial charge in [0, 0.05) is 11.9 Å². The van der Waals surface area contributed by atoms with Crippen LogP contribution in [0.25, 0.3) is 23.0 Å². The summed E-state index contributed by atoms with van der Waals surface area (Å²) < 4.78 is 18.8. The van der Waals surface area contributed by atoms with E-state index < -0.39 is 5.82 Å². The molecule has 0 amide bonds.